The van der Waals surface area contributed by atoms with E-state index < -0.39 is 31.0 Å². The lowest BCUT2D eigenvalue weighted by Gasteiger charge is -2.21. The maximum absolute atomic E-state index is 8.72. The smallest absolute Gasteiger partial charge is 0.129 e. The Labute approximate surface area is 129 Å². The minimum Gasteiger partial charge on any atom is -0.395 e. The van der Waals surface area contributed by atoms with Crippen LogP contribution in [0.5, 0.6) is 0 Å². The lowest BCUT2D eigenvalue weighted by atomic mass is 10.4. The summed E-state index contributed by atoms with van der Waals surface area (Å²) >= 11 is 0. The van der Waals surface area contributed by atoms with Crippen molar-refractivity contribution in [1.82, 2.24) is 0 Å². The summed E-state index contributed by atoms with van der Waals surface area (Å²) in [4.78, 5) is 0. The fraction of sp³-hybridized carbons (Fsp3) is 1.00. The van der Waals surface area contributed by atoms with Gasteiger partial charge in [0, 0.05) is 0 Å². The Morgan fingerprint density at radius 2 is 0.909 bits per heavy atom. The summed E-state index contributed by atoms with van der Waals surface area (Å²) in [5.41, 5.74) is 27.6. The lowest BCUT2D eigenvalue weighted by molar-refractivity contribution is -0.0987. The zero-order valence-corrected chi connectivity index (χ0v) is 12.5. The Bertz CT molecular complexity index is 241. The van der Waals surface area contributed by atoms with Gasteiger partial charge in [-0.2, -0.15) is 0 Å². The summed E-state index contributed by atoms with van der Waals surface area (Å²) in [5.74, 6) is 0. The maximum Gasteiger partial charge on any atom is 0.129 e. The molecule has 0 aliphatic carbocycles. The first kappa shape index (κ1) is 21.6. The van der Waals surface area contributed by atoms with E-state index in [0.717, 1.165) is 0 Å². The average Bonchev–Trinajstić information content (AvgIpc) is 2.53. The van der Waals surface area contributed by atoms with Crippen LogP contribution in [0.2, 0.25) is 0 Å². The highest BCUT2D eigenvalue weighted by Gasteiger charge is 2.12. The van der Waals surface area contributed by atoms with Crippen molar-refractivity contribution in [1.29, 1.82) is 0 Å². The van der Waals surface area contributed by atoms with Crippen LogP contribution in [0.25, 0.3) is 0 Å². The predicted molar refractivity (Wildman–Crippen MR) is 77.9 cm³/mol. The molecular formula is C11H29N5O6. The molecule has 0 fully saturated rings. The van der Waals surface area contributed by atoms with Gasteiger partial charge in [0.15, 0.2) is 0 Å². The van der Waals surface area contributed by atoms with E-state index in [1.165, 1.54) is 0 Å². The molecule has 11 heteroatoms. The number of ether oxygens (including phenoxy) is 4. The molecule has 0 amide bonds. The van der Waals surface area contributed by atoms with E-state index in [4.69, 9.17) is 57.8 Å². The van der Waals surface area contributed by atoms with Crippen molar-refractivity contribution < 1.29 is 29.2 Å². The van der Waals surface area contributed by atoms with Gasteiger partial charge in [0.05, 0.1) is 45.7 Å². The van der Waals surface area contributed by atoms with E-state index in [0.29, 0.717) is 0 Å². The molecule has 12 N–H and O–H groups in total. The molecule has 0 bridgehead atoms. The summed E-state index contributed by atoms with van der Waals surface area (Å²) in [7, 11) is 0. The van der Waals surface area contributed by atoms with Crippen molar-refractivity contribution in [3.05, 3.63) is 0 Å². The second kappa shape index (κ2) is 13.0. The SMILES string of the molecule is NC(CO)COC(N)COC(N)COC(N)COC(N)CO. The van der Waals surface area contributed by atoms with Crippen LogP contribution in [0.4, 0.5) is 0 Å². The minimum absolute atomic E-state index is 0.0100. The largest absolute Gasteiger partial charge is 0.395 e. The quantitative estimate of drug-likeness (QED) is 0.151. The second-order valence-electron chi connectivity index (χ2n) is 4.61. The van der Waals surface area contributed by atoms with Crippen molar-refractivity contribution in [2.45, 2.75) is 31.0 Å². The number of rotatable bonds is 14. The fourth-order valence-electron chi connectivity index (χ4n) is 1.15. The predicted octanol–water partition coefficient (Wildman–Crippen LogP) is -4.50. The Morgan fingerprint density at radius 1 is 0.545 bits per heavy atom. The van der Waals surface area contributed by atoms with Gasteiger partial charge in [-0.3, -0.25) is 0 Å². The molecule has 0 spiro atoms. The number of aliphatic hydroxyl groups excluding tert-OH is 2. The van der Waals surface area contributed by atoms with Crippen molar-refractivity contribution in [2.24, 2.45) is 28.7 Å². The Hall–Kier alpha value is -0.440. The van der Waals surface area contributed by atoms with Crippen LogP contribution in [0.3, 0.4) is 0 Å². The monoisotopic (exact) mass is 327 g/mol. The molecule has 11 nitrogen and oxygen atoms in total. The molecule has 0 rings (SSSR count). The van der Waals surface area contributed by atoms with Crippen LogP contribution < -0.4 is 28.7 Å². The third-order valence-corrected chi connectivity index (χ3v) is 2.36. The van der Waals surface area contributed by atoms with Crippen LogP contribution in [-0.2, 0) is 18.9 Å². The van der Waals surface area contributed by atoms with Crippen LogP contribution in [0.15, 0.2) is 0 Å². The molecule has 0 aromatic heterocycles. The van der Waals surface area contributed by atoms with Crippen molar-refractivity contribution >= 4 is 0 Å². The van der Waals surface area contributed by atoms with Gasteiger partial charge in [0.1, 0.15) is 24.9 Å². The Balaban J connectivity index is 3.65. The van der Waals surface area contributed by atoms with E-state index in [-0.39, 0.29) is 39.6 Å². The highest BCUT2D eigenvalue weighted by Crippen LogP contribution is 1.94. The standard InChI is InChI=1S/C11H29N5O6/c12-7(1-17)3-19-9(14)5-21-11(16)6-22-10(15)4-20-8(13)2-18/h7-11,17-18H,1-6,12-16H2. The third kappa shape index (κ3) is 12.1. The number of aliphatic hydroxyl groups is 2. The minimum atomic E-state index is -0.806. The molecule has 134 valence electrons. The Morgan fingerprint density at radius 3 is 1.27 bits per heavy atom. The van der Waals surface area contributed by atoms with E-state index >= 15 is 0 Å². The van der Waals surface area contributed by atoms with Gasteiger partial charge in [0.2, 0.25) is 0 Å². The highest BCUT2D eigenvalue weighted by molar-refractivity contribution is 4.58. The van der Waals surface area contributed by atoms with Crippen molar-refractivity contribution in [3.8, 4) is 0 Å². The van der Waals surface area contributed by atoms with Gasteiger partial charge in [-0.15, -0.1) is 0 Å². The first-order valence-corrected chi connectivity index (χ1v) is 6.85. The van der Waals surface area contributed by atoms with E-state index in [1.54, 1.807) is 0 Å². The van der Waals surface area contributed by atoms with Crippen LogP contribution in [0.1, 0.15) is 0 Å². The molecule has 0 aliphatic rings. The summed E-state index contributed by atoms with van der Waals surface area (Å²) in [5, 5.41) is 17.4. The Kier molecular flexibility index (Phi) is 12.8. The van der Waals surface area contributed by atoms with Gasteiger partial charge in [-0.05, 0) is 0 Å². The normalized spacial score (nSPS) is 18.7. The molecule has 5 atom stereocenters. The van der Waals surface area contributed by atoms with Crippen LogP contribution in [-0.4, -0.2) is 80.8 Å². The van der Waals surface area contributed by atoms with E-state index in [1.807, 2.05) is 0 Å². The first-order chi connectivity index (χ1) is 10.4. The second-order valence-corrected chi connectivity index (χ2v) is 4.61. The molecule has 0 aliphatic heterocycles. The molecule has 0 aromatic carbocycles. The van der Waals surface area contributed by atoms with Gasteiger partial charge in [0.25, 0.3) is 0 Å². The van der Waals surface area contributed by atoms with Gasteiger partial charge in [-0.25, -0.2) is 0 Å². The van der Waals surface area contributed by atoms with Crippen molar-refractivity contribution in [3.63, 3.8) is 0 Å². The van der Waals surface area contributed by atoms with Crippen molar-refractivity contribution in [2.75, 3.05) is 39.6 Å². The molecule has 0 heterocycles. The zero-order valence-electron chi connectivity index (χ0n) is 12.5. The molecular weight excluding hydrogens is 298 g/mol. The number of hydrogen-bond acceptors (Lipinski definition) is 11. The number of nitrogens with two attached hydrogens (primary N) is 5. The third-order valence-electron chi connectivity index (χ3n) is 2.36. The molecule has 0 saturated heterocycles. The van der Waals surface area contributed by atoms with E-state index in [2.05, 4.69) is 0 Å². The summed E-state index contributed by atoms with van der Waals surface area (Å²) in [6, 6.07) is -0.494. The van der Waals surface area contributed by atoms with Crippen LogP contribution in [0, 0.1) is 0 Å². The maximum atomic E-state index is 8.72. The molecule has 0 aromatic rings. The zero-order chi connectivity index (χ0) is 17.0. The summed E-state index contributed by atoms with van der Waals surface area (Å²) in [6.07, 6.45) is -3.03. The van der Waals surface area contributed by atoms with Gasteiger partial charge in [-0.1, -0.05) is 0 Å². The topological polar surface area (TPSA) is 207 Å². The number of hydrogen-bond donors (Lipinski definition) is 7. The summed E-state index contributed by atoms with van der Waals surface area (Å²) in [6.45, 7) is -0.338. The van der Waals surface area contributed by atoms with E-state index in [9.17, 15) is 0 Å². The molecule has 22 heavy (non-hydrogen) atoms. The molecule has 5 unspecified atom stereocenters. The average molecular weight is 327 g/mol. The highest BCUT2D eigenvalue weighted by atomic mass is 16.6. The summed E-state index contributed by atoms with van der Waals surface area (Å²) < 4.78 is 20.5. The van der Waals surface area contributed by atoms with Gasteiger partial charge >= 0.3 is 0 Å². The lowest BCUT2D eigenvalue weighted by Crippen LogP contribution is -2.42. The first-order valence-electron chi connectivity index (χ1n) is 6.85. The van der Waals surface area contributed by atoms with Crippen LogP contribution >= 0.6 is 0 Å². The van der Waals surface area contributed by atoms with Gasteiger partial charge < -0.3 is 57.8 Å². The fourth-order valence-corrected chi connectivity index (χ4v) is 1.15. The molecule has 0 saturated carbocycles. The molecule has 0 radical (unpaired) electrons.